The Bertz CT molecular complexity index is 532. The van der Waals surface area contributed by atoms with Gasteiger partial charge in [0.2, 0.25) is 10.0 Å². The van der Waals surface area contributed by atoms with Crippen molar-refractivity contribution in [3.8, 4) is 0 Å². The molecule has 3 N–H and O–H groups in total. The maximum atomic E-state index is 12.0. The predicted molar refractivity (Wildman–Crippen MR) is 81.4 cm³/mol. The number of nitrogen functional groups attached to an aromatic ring is 1. The van der Waals surface area contributed by atoms with Gasteiger partial charge in [-0.25, -0.2) is 13.1 Å². The first-order chi connectivity index (χ1) is 9.33. The molecule has 0 saturated heterocycles. The molecular formula is C13H21ClN2O3S. The SMILES string of the molecule is CC(C)OCCCCNS(=O)(=O)c1ccc(Cl)cc1N. The maximum Gasteiger partial charge on any atom is 0.242 e. The Labute approximate surface area is 125 Å². The fourth-order valence-electron chi connectivity index (χ4n) is 1.59. The number of sulfonamides is 1. The third-order valence-corrected chi connectivity index (χ3v) is 4.35. The van der Waals surface area contributed by atoms with Gasteiger partial charge in [0.1, 0.15) is 4.90 Å². The number of nitrogens with two attached hydrogens (primary N) is 1. The van der Waals surface area contributed by atoms with Crippen molar-refractivity contribution in [3.63, 3.8) is 0 Å². The van der Waals surface area contributed by atoms with Crippen LogP contribution >= 0.6 is 11.6 Å². The smallest absolute Gasteiger partial charge is 0.242 e. The van der Waals surface area contributed by atoms with Crippen LogP contribution in [0.5, 0.6) is 0 Å². The fraction of sp³-hybridized carbons (Fsp3) is 0.538. The van der Waals surface area contributed by atoms with Crippen LogP contribution in [0.15, 0.2) is 23.1 Å². The summed E-state index contributed by atoms with van der Waals surface area (Å²) in [6.45, 7) is 4.91. The summed E-state index contributed by atoms with van der Waals surface area (Å²) in [5.74, 6) is 0. The summed E-state index contributed by atoms with van der Waals surface area (Å²) in [7, 11) is -3.59. The molecule has 114 valence electrons. The molecular weight excluding hydrogens is 300 g/mol. The lowest BCUT2D eigenvalue weighted by Gasteiger charge is -2.10. The molecule has 20 heavy (non-hydrogen) atoms. The first-order valence-corrected chi connectivity index (χ1v) is 8.35. The number of nitrogens with one attached hydrogen (secondary N) is 1. The fourth-order valence-corrected chi connectivity index (χ4v) is 2.96. The van der Waals surface area contributed by atoms with E-state index in [0.29, 0.717) is 24.6 Å². The molecule has 0 spiro atoms. The minimum absolute atomic E-state index is 0.0559. The molecule has 0 aromatic heterocycles. The summed E-state index contributed by atoms with van der Waals surface area (Å²) >= 11 is 5.74. The van der Waals surface area contributed by atoms with E-state index in [2.05, 4.69) is 4.72 Å². The standard InChI is InChI=1S/C13H21ClN2O3S/c1-10(2)19-8-4-3-7-16-20(17,18)13-6-5-11(14)9-12(13)15/h5-6,9-10,16H,3-4,7-8,15H2,1-2H3. The van der Waals surface area contributed by atoms with Gasteiger partial charge in [-0.05, 0) is 44.9 Å². The molecule has 1 aromatic carbocycles. The second-order valence-corrected chi connectivity index (χ2v) is 6.88. The lowest BCUT2D eigenvalue weighted by Crippen LogP contribution is -2.25. The van der Waals surface area contributed by atoms with Crippen LogP contribution in [0.1, 0.15) is 26.7 Å². The monoisotopic (exact) mass is 320 g/mol. The molecule has 0 fully saturated rings. The molecule has 0 aliphatic heterocycles. The Hall–Kier alpha value is -0.820. The van der Waals surface area contributed by atoms with Crippen LogP contribution in [0.4, 0.5) is 5.69 Å². The van der Waals surface area contributed by atoms with Crippen LogP contribution in [0, 0.1) is 0 Å². The molecule has 0 saturated carbocycles. The zero-order valence-corrected chi connectivity index (χ0v) is 13.3. The van der Waals surface area contributed by atoms with Crippen LogP contribution in [0.25, 0.3) is 0 Å². The molecule has 1 rings (SSSR count). The normalized spacial score (nSPS) is 12.0. The number of rotatable bonds is 8. The molecule has 0 atom stereocenters. The third-order valence-electron chi connectivity index (χ3n) is 2.58. The van der Waals surface area contributed by atoms with E-state index >= 15 is 0 Å². The van der Waals surface area contributed by atoms with Crippen LogP contribution < -0.4 is 10.5 Å². The quantitative estimate of drug-likeness (QED) is 0.569. The zero-order chi connectivity index (χ0) is 15.2. The second-order valence-electron chi connectivity index (χ2n) is 4.71. The first-order valence-electron chi connectivity index (χ1n) is 6.49. The summed E-state index contributed by atoms with van der Waals surface area (Å²) in [5, 5.41) is 0.410. The molecule has 1 aromatic rings. The average Bonchev–Trinajstić information content (AvgIpc) is 2.32. The molecule has 0 amide bonds. The van der Waals surface area contributed by atoms with Gasteiger partial charge in [0.25, 0.3) is 0 Å². The van der Waals surface area contributed by atoms with Gasteiger partial charge < -0.3 is 10.5 Å². The van der Waals surface area contributed by atoms with Crippen molar-refractivity contribution in [1.29, 1.82) is 0 Å². The van der Waals surface area contributed by atoms with Crippen molar-refractivity contribution in [2.75, 3.05) is 18.9 Å². The van der Waals surface area contributed by atoms with Crippen molar-refractivity contribution in [2.45, 2.75) is 37.7 Å². The number of anilines is 1. The van der Waals surface area contributed by atoms with E-state index in [1.165, 1.54) is 18.2 Å². The Morgan fingerprint density at radius 2 is 2.05 bits per heavy atom. The summed E-state index contributed by atoms with van der Waals surface area (Å²) in [5.41, 5.74) is 5.82. The average molecular weight is 321 g/mol. The summed E-state index contributed by atoms with van der Waals surface area (Å²) < 4.78 is 32.0. The van der Waals surface area contributed by atoms with Crippen molar-refractivity contribution in [3.05, 3.63) is 23.2 Å². The van der Waals surface area contributed by atoms with E-state index in [0.717, 1.165) is 6.42 Å². The summed E-state index contributed by atoms with van der Waals surface area (Å²) in [6, 6.07) is 4.33. The summed E-state index contributed by atoms with van der Waals surface area (Å²) in [4.78, 5) is 0.0559. The van der Waals surface area contributed by atoms with Gasteiger partial charge in [0.05, 0.1) is 11.8 Å². The highest BCUT2D eigenvalue weighted by Gasteiger charge is 2.16. The first kappa shape index (κ1) is 17.2. The Morgan fingerprint density at radius 3 is 2.65 bits per heavy atom. The Morgan fingerprint density at radius 1 is 1.35 bits per heavy atom. The van der Waals surface area contributed by atoms with Gasteiger partial charge in [-0.3, -0.25) is 0 Å². The van der Waals surface area contributed by atoms with Crippen LogP contribution in [-0.4, -0.2) is 27.7 Å². The van der Waals surface area contributed by atoms with E-state index in [1.54, 1.807) is 0 Å². The van der Waals surface area contributed by atoms with E-state index in [4.69, 9.17) is 22.1 Å². The van der Waals surface area contributed by atoms with Gasteiger partial charge in [-0.2, -0.15) is 0 Å². The Kier molecular flexibility index (Phi) is 6.75. The molecule has 0 aliphatic rings. The maximum absolute atomic E-state index is 12.0. The molecule has 0 bridgehead atoms. The van der Waals surface area contributed by atoms with Gasteiger partial charge in [-0.15, -0.1) is 0 Å². The van der Waals surface area contributed by atoms with Crippen molar-refractivity contribution >= 4 is 27.3 Å². The number of hydrogen-bond acceptors (Lipinski definition) is 4. The van der Waals surface area contributed by atoms with Gasteiger partial charge >= 0.3 is 0 Å². The number of benzene rings is 1. The zero-order valence-electron chi connectivity index (χ0n) is 11.7. The van der Waals surface area contributed by atoms with E-state index in [1.807, 2.05) is 13.8 Å². The van der Waals surface area contributed by atoms with Gasteiger partial charge in [-0.1, -0.05) is 11.6 Å². The minimum Gasteiger partial charge on any atom is -0.398 e. The highest BCUT2D eigenvalue weighted by molar-refractivity contribution is 7.89. The number of unbranched alkanes of at least 4 members (excludes halogenated alkanes) is 1. The molecule has 0 radical (unpaired) electrons. The summed E-state index contributed by atoms with van der Waals surface area (Å²) in [6.07, 6.45) is 1.71. The highest BCUT2D eigenvalue weighted by Crippen LogP contribution is 2.22. The van der Waals surface area contributed by atoms with Crippen LogP contribution in [0.3, 0.4) is 0 Å². The van der Waals surface area contributed by atoms with E-state index < -0.39 is 10.0 Å². The van der Waals surface area contributed by atoms with Gasteiger partial charge in [0, 0.05) is 18.2 Å². The highest BCUT2D eigenvalue weighted by atomic mass is 35.5. The number of ether oxygens (including phenoxy) is 1. The topological polar surface area (TPSA) is 81.4 Å². The van der Waals surface area contributed by atoms with E-state index in [9.17, 15) is 8.42 Å². The molecule has 0 aliphatic carbocycles. The van der Waals surface area contributed by atoms with Crippen molar-refractivity contribution in [2.24, 2.45) is 0 Å². The second kappa shape index (κ2) is 7.83. The molecule has 5 nitrogen and oxygen atoms in total. The van der Waals surface area contributed by atoms with E-state index in [-0.39, 0.29) is 16.7 Å². The number of hydrogen-bond donors (Lipinski definition) is 2. The largest absolute Gasteiger partial charge is 0.398 e. The molecule has 0 heterocycles. The lowest BCUT2D eigenvalue weighted by molar-refractivity contribution is 0.0762. The Balaban J connectivity index is 2.46. The van der Waals surface area contributed by atoms with Crippen LogP contribution in [-0.2, 0) is 14.8 Å². The molecule has 0 unspecified atom stereocenters. The third kappa shape index (κ3) is 5.66. The number of halogens is 1. The lowest BCUT2D eigenvalue weighted by atomic mass is 10.3. The van der Waals surface area contributed by atoms with Gasteiger partial charge in [0.15, 0.2) is 0 Å². The van der Waals surface area contributed by atoms with Crippen molar-refractivity contribution in [1.82, 2.24) is 4.72 Å². The minimum atomic E-state index is -3.59. The van der Waals surface area contributed by atoms with Crippen molar-refractivity contribution < 1.29 is 13.2 Å². The molecule has 7 heteroatoms. The predicted octanol–water partition coefficient (Wildman–Crippen LogP) is 2.41. The van der Waals surface area contributed by atoms with Crippen LogP contribution in [0.2, 0.25) is 5.02 Å².